The monoisotopic (exact) mass is 255 g/mol. The molecule has 84 valence electrons. The van der Waals surface area contributed by atoms with Crippen molar-refractivity contribution in [3.63, 3.8) is 0 Å². The lowest BCUT2D eigenvalue weighted by molar-refractivity contribution is 0.0692. The van der Waals surface area contributed by atoms with Gasteiger partial charge in [0.05, 0.1) is 10.5 Å². The third kappa shape index (κ3) is 2.56. The van der Waals surface area contributed by atoms with Crippen molar-refractivity contribution in [3.05, 3.63) is 27.8 Å². The average molecular weight is 255 g/mol. The fourth-order valence-corrected chi connectivity index (χ4v) is 2.50. The molecule has 16 heavy (non-hydrogen) atoms. The number of aromatic carboxylic acids is 1. The molecule has 0 amide bonds. The fourth-order valence-electron chi connectivity index (χ4n) is 1.18. The smallest absolute Gasteiger partial charge is 0.357 e. The largest absolute Gasteiger partial charge is 0.476 e. The first-order valence-corrected chi connectivity index (χ1v) is 6.32. The summed E-state index contributed by atoms with van der Waals surface area (Å²) in [6.07, 6.45) is 2.55. The summed E-state index contributed by atoms with van der Waals surface area (Å²) >= 11 is 2.89. The number of carboxylic acids is 1. The Balaban J connectivity index is 1.90. The van der Waals surface area contributed by atoms with Gasteiger partial charge in [-0.25, -0.2) is 14.8 Å². The van der Waals surface area contributed by atoms with Gasteiger partial charge < -0.3 is 10.4 Å². The number of rotatable bonds is 5. The van der Waals surface area contributed by atoms with Crippen molar-refractivity contribution in [1.82, 2.24) is 9.97 Å². The van der Waals surface area contributed by atoms with E-state index in [1.807, 2.05) is 5.38 Å². The van der Waals surface area contributed by atoms with E-state index in [0.717, 1.165) is 11.4 Å². The molecule has 0 radical (unpaired) electrons. The molecule has 0 spiro atoms. The quantitative estimate of drug-likeness (QED) is 0.854. The van der Waals surface area contributed by atoms with Crippen molar-refractivity contribution >= 4 is 33.6 Å². The van der Waals surface area contributed by atoms with Crippen LogP contribution in [0.15, 0.2) is 17.1 Å². The van der Waals surface area contributed by atoms with Crippen LogP contribution in [0.2, 0.25) is 0 Å². The minimum Gasteiger partial charge on any atom is -0.476 e. The molecule has 0 bridgehead atoms. The summed E-state index contributed by atoms with van der Waals surface area (Å²) in [4.78, 5) is 18.7. The molecule has 0 aliphatic heterocycles. The number of anilines is 1. The van der Waals surface area contributed by atoms with Crippen LogP contribution < -0.4 is 5.32 Å². The van der Waals surface area contributed by atoms with Crippen LogP contribution in [-0.4, -0.2) is 27.6 Å². The van der Waals surface area contributed by atoms with Gasteiger partial charge in [-0.1, -0.05) is 0 Å². The Labute approximate surface area is 99.8 Å². The highest BCUT2D eigenvalue weighted by Crippen LogP contribution is 2.19. The van der Waals surface area contributed by atoms with E-state index in [-0.39, 0.29) is 5.69 Å². The zero-order chi connectivity index (χ0) is 11.4. The lowest BCUT2D eigenvalue weighted by atomic mass is 10.4. The van der Waals surface area contributed by atoms with Crippen LogP contribution in [0.4, 0.5) is 5.00 Å². The van der Waals surface area contributed by atoms with E-state index in [4.69, 9.17) is 5.11 Å². The molecule has 2 rings (SSSR count). The topological polar surface area (TPSA) is 75.1 Å². The molecule has 5 nitrogen and oxygen atoms in total. The molecule has 0 saturated heterocycles. The lowest BCUT2D eigenvalue weighted by Gasteiger charge is -2.02. The summed E-state index contributed by atoms with van der Waals surface area (Å²) in [5.74, 6) is -1.00. The van der Waals surface area contributed by atoms with Gasteiger partial charge in [0.1, 0.15) is 5.00 Å². The van der Waals surface area contributed by atoms with E-state index in [0.29, 0.717) is 11.5 Å². The summed E-state index contributed by atoms with van der Waals surface area (Å²) < 4.78 is 0. The minimum absolute atomic E-state index is 0.0872. The molecule has 0 fully saturated rings. The highest BCUT2D eigenvalue weighted by Gasteiger charge is 2.12. The molecule has 7 heteroatoms. The van der Waals surface area contributed by atoms with Gasteiger partial charge in [0.15, 0.2) is 5.69 Å². The molecule has 0 aliphatic rings. The maximum absolute atomic E-state index is 10.8. The van der Waals surface area contributed by atoms with Crippen LogP contribution in [0.1, 0.15) is 15.5 Å². The van der Waals surface area contributed by atoms with E-state index >= 15 is 0 Å². The second-order valence-electron chi connectivity index (χ2n) is 2.94. The van der Waals surface area contributed by atoms with Gasteiger partial charge in [0, 0.05) is 24.5 Å². The first-order valence-electron chi connectivity index (χ1n) is 4.56. The molecular weight excluding hydrogens is 246 g/mol. The fraction of sp³-hybridized carbons (Fsp3) is 0.222. The Morgan fingerprint density at radius 1 is 1.44 bits per heavy atom. The molecule has 2 aromatic rings. The molecule has 0 aromatic carbocycles. The second kappa shape index (κ2) is 5.04. The van der Waals surface area contributed by atoms with Crippen LogP contribution in [0.5, 0.6) is 0 Å². The summed E-state index contributed by atoms with van der Waals surface area (Å²) in [5, 5.41) is 15.4. The molecule has 2 aromatic heterocycles. The number of nitrogens with zero attached hydrogens (tertiary/aromatic N) is 2. The second-order valence-corrected chi connectivity index (χ2v) is 4.77. The first kappa shape index (κ1) is 11.0. The number of nitrogens with one attached hydrogen (secondary N) is 1. The lowest BCUT2D eigenvalue weighted by Crippen LogP contribution is -2.07. The number of carboxylic acid groups (broad SMARTS) is 1. The number of hydrogen-bond acceptors (Lipinski definition) is 6. The van der Waals surface area contributed by atoms with Crippen molar-refractivity contribution in [2.24, 2.45) is 0 Å². The van der Waals surface area contributed by atoms with Crippen LogP contribution in [0.25, 0.3) is 0 Å². The van der Waals surface area contributed by atoms with Crippen LogP contribution >= 0.6 is 22.7 Å². The predicted octanol–water partition coefficient (Wildman–Crippen LogP) is 1.95. The zero-order valence-electron chi connectivity index (χ0n) is 8.21. The molecule has 2 heterocycles. The van der Waals surface area contributed by atoms with Gasteiger partial charge in [0.25, 0.3) is 0 Å². The van der Waals surface area contributed by atoms with Gasteiger partial charge in [-0.05, 0) is 0 Å². The number of carbonyl (C=O) groups is 1. The number of aromatic nitrogens is 2. The Morgan fingerprint density at radius 3 is 3.00 bits per heavy atom. The molecule has 0 aliphatic carbocycles. The van der Waals surface area contributed by atoms with Crippen molar-refractivity contribution in [2.45, 2.75) is 6.42 Å². The summed E-state index contributed by atoms with van der Waals surface area (Å²) in [5.41, 5.74) is 1.61. The molecule has 0 atom stereocenters. The standard InChI is InChI=1S/C9H9N3O2S2/c13-9(14)7-8(16-5-12-7)11-2-1-6-10-3-4-15-6/h3-5,11H,1-2H2,(H,13,14). The van der Waals surface area contributed by atoms with Crippen molar-refractivity contribution in [1.29, 1.82) is 0 Å². The maximum Gasteiger partial charge on any atom is 0.357 e. The Morgan fingerprint density at radius 2 is 2.31 bits per heavy atom. The van der Waals surface area contributed by atoms with Crippen LogP contribution in [0.3, 0.4) is 0 Å². The van der Waals surface area contributed by atoms with Crippen molar-refractivity contribution in [2.75, 3.05) is 11.9 Å². The minimum atomic E-state index is -1.00. The average Bonchev–Trinajstić information content (AvgIpc) is 2.87. The van der Waals surface area contributed by atoms with Gasteiger partial charge in [-0.3, -0.25) is 0 Å². The number of thiazole rings is 2. The SMILES string of the molecule is O=C(O)c1ncsc1NCCc1nccs1. The maximum atomic E-state index is 10.8. The van der Waals surface area contributed by atoms with Crippen LogP contribution in [0, 0.1) is 0 Å². The van der Waals surface area contributed by atoms with Crippen molar-refractivity contribution < 1.29 is 9.90 Å². The number of hydrogen-bond donors (Lipinski definition) is 2. The summed E-state index contributed by atoms with van der Waals surface area (Å²) in [7, 11) is 0. The van der Waals surface area contributed by atoms with Gasteiger partial charge in [-0.2, -0.15) is 0 Å². The summed E-state index contributed by atoms with van der Waals surface area (Å²) in [6.45, 7) is 0.663. The Bertz CT molecular complexity index is 467. The highest BCUT2D eigenvalue weighted by molar-refractivity contribution is 7.14. The molecule has 0 saturated carbocycles. The third-order valence-electron chi connectivity index (χ3n) is 1.88. The summed E-state index contributed by atoms with van der Waals surface area (Å²) in [6, 6.07) is 0. The third-order valence-corrected chi connectivity index (χ3v) is 3.50. The van der Waals surface area contributed by atoms with Crippen molar-refractivity contribution in [3.8, 4) is 0 Å². The first-order chi connectivity index (χ1) is 7.77. The molecule has 2 N–H and O–H groups in total. The van der Waals surface area contributed by atoms with E-state index in [2.05, 4.69) is 15.3 Å². The van der Waals surface area contributed by atoms with Crippen LogP contribution in [-0.2, 0) is 6.42 Å². The van der Waals surface area contributed by atoms with Gasteiger partial charge in [0.2, 0.25) is 0 Å². The van der Waals surface area contributed by atoms with E-state index in [9.17, 15) is 4.79 Å². The normalized spacial score (nSPS) is 10.2. The van der Waals surface area contributed by atoms with E-state index < -0.39 is 5.97 Å². The van der Waals surface area contributed by atoms with Gasteiger partial charge >= 0.3 is 5.97 Å². The highest BCUT2D eigenvalue weighted by atomic mass is 32.1. The predicted molar refractivity (Wildman–Crippen MR) is 63.4 cm³/mol. The Hall–Kier alpha value is -1.47. The van der Waals surface area contributed by atoms with E-state index in [1.165, 1.54) is 16.8 Å². The van der Waals surface area contributed by atoms with E-state index in [1.54, 1.807) is 17.5 Å². The Kier molecular flexibility index (Phi) is 3.47. The van der Waals surface area contributed by atoms with Gasteiger partial charge in [-0.15, -0.1) is 22.7 Å². The molecule has 0 unspecified atom stereocenters. The molecular formula is C9H9N3O2S2. The zero-order valence-corrected chi connectivity index (χ0v) is 9.85.